The van der Waals surface area contributed by atoms with Gasteiger partial charge in [0.05, 0.1) is 6.20 Å². The first-order chi connectivity index (χ1) is 5.33. The van der Waals surface area contributed by atoms with Gasteiger partial charge in [-0.3, -0.25) is 0 Å². The minimum atomic E-state index is -0.424. The largest absolute Gasteiger partial charge is 0.362 e. The second-order valence-corrected chi connectivity index (χ2v) is 2.88. The van der Waals surface area contributed by atoms with Crippen LogP contribution in [-0.4, -0.2) is 27.5 Å². The highest BCUT2D eigenvalue weighted by molar-refractivity contribution is 7.99. The summed E-state index contributed by atoms with van der Waals surface area (Å²) < 4.78 is 0. The predicted molar refractivity (Wildman–Crippen MR) is 42.4 cm³/mol. The Morgan fingerprint density at radius 3 is 3.18 bits per heavy atom. The molecular weight excluding hydrogens is 164 g/mol. The molecule has 0 atom stereocenters. The van der Waals surface area contributed by atoms with Crippen molar-refractivity contribution >= 4 is 11.8 Å². The summed E-state index contributed by atoms with van der Waals surface area (Å²) in [5.41, 5.74) is 4.84. The van der Waals surface area contributed by atoms with Crippen LogP contribution in [0.4, 0.5) is 0 Å². The fourth-order valence-electron chi connectivity index (χ4n) is 0.530. The summed E-state index contributed by atoms with van der Waals surface area (Å²) in [7, 11) is 0. The molecule has 0 aromatic carbocycles. The summed E-state index contributed by atoms with van der Waals surface area (Å²) in [5.74, 6) is 0.748. The van der Waals surface area contributed by atoms with Gasteiger partial charge in [-0.15, -0.1) is 11.8 Å². The highest BCUT2D eigenvalue weighted by atomic mass is 32.2. The Morgan fingerprint density at radius 2 is 2.55 bits per heavy atom. The first-order valence-electron chi connectivity index (χ1n) is 3.07. The molecule has 0 fully saturated rings. The lowest BCUT2D eigenvalue weighted by atomic mass is 10.8. The van der Waals surface area contributed by atoms with Crippen LogP contribution < -0.4 is 11.4 Å². The van der Waals surface area contributed by atoms with Gasteiger partial charge in [0.15, 0.2) is 0 Å². The van der Waals surface area contributed by atoms with Crippen LogP contribution in [0.25, 0.3) is 0 Å². The molecule has 0 saturated carbocycles. The number of rotatable bonds is 3. The monoisotopic (exact) mass is 172 g/mol. The topological polar surface area (TPSA) is 84.7 Å². The third-order valence-corrected chi connectivity index (χ3v) is 1.85. The van der Waals surface area contributed by atoms with Gasteiger partial charge in [-0.25, -0.2) is 9.89 Å². The summed E-state index contributed by atoms with van der Waals surface area (Å²) in [5, 5.41) is 6.37. The smallest absolute Gasteiger partial charge is 0.330 e. The average Bonchev–Trinajstić information content (AvgIpc) is 2.01. The van der Waals surface area contributed by atoms with E-state index < -0.39 is 5.69 Å². The van der Waals surface area contributed by atoms with Gasteiger partial charge in [0.1, 0.15) is 5.03 Å². The fraction of sp³-hybridized carbons (Fsp3) is 0.400. The van der Waals surface area contributed by atoms with Crippen molar-refractivity contribution in [2.75, 3.05) is 12.3 Å². The van der Waals surface area contributed by atoms with E-state index in [4.69, 9.17) is 5.73 Å². The van der Waals surface area contributed by atoms with E-state index in [1.165, 1.54) is 18.0 Å². The molecular formula is C5H8N4OS. The Morgan fingerprint density at radius 1 is 1.73 bits per heavy atom. The molecule has 0 aliphatic heterocycles. The van der Waals surface area contributed by atoms with Crippen molar-refractivity contribution in [2.24, 2.45) is 5.73 Å². The van der Waals surface area contributed by atoms with Gasteiger partial charge in [0.25, 0.3) is 0 Å². The van der Waals surface area contributed by atoms with Crippen molar-refractivity contribution in [1.29, 1.82) is 0 Å². The van der Waals surface area contributed by atoms with E-state index in [2.05, 4.69) is 15.2 Å². The van der Waals surface area contributed by atoms with Crippen molar-refractivity contribution in [3.8, 4) is 0 Å². The van der Waals surface area contributed by atoms with Crippen molar-refractivity contribution in [3.05, 3.63) is 16.7 Å². The molecule has 60 valence electrons. The molecule has 0 aliphatic carbocycles. The second-order valence-electron chi connectivity index (χ2n) is 1.76. The van der Waals surface area contributed by atoms with Gasteiger partial charge in [0, 0.05) is 12.3 Å². The minimum absolute atomic E-state index is 0.424. The Kier molecular flexibility index (Phi) is 3.06. The third-order valence-electron chi connectivity index (χ3n) is 0.915. The molecule has 0 amide bonds. The lowest BCUT2D eigenvalue weighted by Gasteiger charge is -1.94. The summed E-state index contributed by atoms with van der Waals surface area (Å²) in [4.78, 5) is 14.2. The van der Waals surface area contributed by atoms with E-state index in [0.29, 0.717) is 11.6 Å². The van der Waals surface area contributed by atoms with Gasteiger partial charge >= 0.3 is 5.69 Å². The zero-order chi connectivity index (χ0) is 8.10. The van der Waals surface area contributed by atoms with Crippen LogP contribution in [0.5, 0.6) is 0 Å². The lowest BCUT2D eigenvalue weighted by molar-refractivity contribution is 0.852. The van der Waals surface area contributed by atoms with Crippen LogP contribution in [0.1, 0.15) is 0 Å². The predicted octanol–water partition coefficient (Wildman–Crippen LogP) is -0.784. The number of nitrogens with one attached hydrogen (secondary N) is 1. The Bertz CT molecular complexity index is 273. The maximum absolute atomic E-state index is 10.6. The number of aromatic amines is 1. The zero-order valence-corrected chi connectivity index (χ0v) is 6.60. The SMILES string of the molecule is NCCSc1cn[nH]c(=O)n1. The van der Waals surface area contributed by atoms with Crippen LogP contribution >= 0.6 is 11.8 Å². The molecule has 0 bridgehead atoms. The fourth-order valence-corrected chi connectivity index (χ4v) is 1.13. The summed E-state index contributed by atoms with van der Waals surface area (Å²) >= 11 is 1.42. The Hall–Kier alpha value is -0.880. The van der Waals surface area contributed by atoms with Crippen LogP contribution in [0.2, 0.25) is 0 Å². The number of hydrogen-bond donors (Lipinski definition) is 2. The van der Waals surface area contributed by atoms with E-state index in [-0.39, 0.29) is 0 Å². The third kappa shape index (κ3) is 2.69. The molecule has 6 heteroatoms. The van der Waals surface area contributed by atoms with E-state index in [9.17, 15) is 4.79 Å². The Balaban J connectivity index is 2.64. The molecule has 0 saturated heterocycles. The normalized spacial score (nSPS) is 9.91. The van der Waals surface area contributed by atoms with Gasteiger partial charge < -0.3 is 5.73 Å². The standard InChI is InChI=1S/C5H8N4OS/c6-1-2-11-4-3-7-9-5(10)8-4/h3H,1-2,6H2,(H,8,9,10). The van der Waals surface area contributed by atoms with Crippen molar-refractivity contribution in [2.45, 2.75) is 5.03 Å². The molecule has 0 unspecified atom stereocenters. The summed E-state index contributed by atoms with van der Waals surface area (Å²) in [6.45, 7) is 0.569. The van der Waals surface area contributed by atoms with Crippen molar-refractivity contribution in [1.82, 2.24) is 15.2 Å². The Labute approximate surface area is 67.4 Å². The molecule has 1 aromatic rings. The molecule has 3 N–H and O–H groups in total. The van der Waals surface area contributed by atoms with Gasteiger partial charge in [-0.05, 0) is 0 Å². The number of nitrogens with zero attached hydrogens (tertiary/aromatic N) is 2. The number of thioether (sulfide) groups is 1. The van der Waals surface area contributed by atoms with E-state index >= 15 is 0 Å². The number of hydrogen-bond acceptors (Lipinski definition) is 5. The number of H-pyrrole nitrogens is 1. The number of aromatic nitrogens is 3. The molecule has 0 radical (unpaired) electrons. The average molecular weight is 172 g/mol. The van der Waals surface area contributed by atoms with E-state index in [1.54, 1.807) is 0 Å². The molecule has 1 rings (SSSR count). The quantitative estimate of drug-likeness (QED) is 0.584. The van der Waals surface area contributed by atoms with E-state index in [1.807, 2.05) is 0 Å². The molecule has 5 nitrogen and oxygen atoms in total. The second kappa shape index (κ2) is 4.09. The molecule has 1 aromatic heterocycles. The summed E-state index contributed by atoms with van der Waals surface area (Å²) in [6, 6.07) is 0. The van der Waals surface area contributed by atoms with Gasteiger partial charge in [0.2, 0.25) is 0 Å². The molecule has 11 heavy (non-hydrogen) atoms. The van der Waals surface area contributed by atoms with Crippen molar-refractivity contribution < 1.29 is 0 Å². The van der Waals surface area contributed by atoms with Gasteiger partial charge in [-0.1, -0.05) is 0 Å². The van der Waals surface area contributed by atoms with Gasteiger partial charge in [-0.2, -0.15) is 10.1 Å². The van der Waals surface area contributed by atoms with Crippen LogP contribution in [0.15, 0.2) is 16.0 Å². The number of nitrogens with two attached hydrogens (primary N) is 1. The zero-order valence-electron chi connectivity index (χ0n) is 5.78. The van der Waals surface area contributed by atoms with Crippen LogP contribution in [0.3, 0.4) is 0 Å². The summed E-state index contributed by atoms with van der Waals surface area (Å²) in [6.07, 6.45) is 1.50. The van der Waals surface area contributed by atoms with Crippen LogP contribution in [0, 0.1) is 0 Å². The highest BCUT2D eigenvalue weighted by Gasteiger charge is 1.94. The van der Waals surface area contributed by atoms with E-state index in [0.717, 1.165) is 5.75 Å². The van der Waals surface area contributed by atoms with Crippen LogP contribution in [-0.2, 0) is 0 Å². The highest BCUT2D eigenvalue weighted by Crippen LogP contribution is 2.09. The van der Waals surface area contributed by atoms with Crippen molar-refractivity contribution in [3.63, 3.8) is 0 Å². The molecule has 0 aliphatic rings. The maximum atomic E-state index is 10.6. The first-order valence-corrected chi connectivity index (χ1v) is 4.06. The minimum Gasteiger partial charge on any atom is -0.330 e. The first kappa shape index (κ1) is 8.22. The molecule has 0 spiro atoms. The lowest BCUT2D eigenvalue weighted by Crippen LogP contribution is -2.12. The maximum Gasteiger partial charge on any atom is 0.362 e. The molecule has 1 heterocycles.